The summed E-state index contributed by atoms with van der Waals surface area (Å²) in [5.41, 5.74) is 16.1. The van der Waals surface area contributed by atoms with Crippen LogP contribution in [0.2, 0.25) is 0 Å². The van der Waals surface area contributed by atoms with E-state index < -0.39 is 0 Å². The Morgan fingerprint density at radius 3 is 1.41 bits per heavy atom. The zero-order valence-corrected chi connectivity index (χ0v) is 34.2. The van der Waals surface area contributed by atoms with Gasteiger partial charge in [-0.15, -0.1) is 0 Å². The molecule has 0 N–H and O–H groups in total. The van der Waals surface area contributed by atoms with Gasteiger partial charge in [-0.2, -0.15) is 0 Å². The summed E-state index contributed by atoms with van der Waals surface area (Å²) < 4.78 is 4.91. The van der Waals surface area contributed by atoms with Crippen LogP contribution >= 0.6 is 0 Å². The largest absolute Gasteiger partial charge is 0.310 e. The van der Waals surface area contributed by atoms with Crippen molar-refractivity contribution in [1.82, 2.24) is 9.13 Å². The number of anilines is 3. The van der Waals surface area contributed by atoms with E-state index in [0.717, 1.165) is 22.7 Å². The van der Waals surface area contributed by atoms with Crippen molar-refractivity contribution in [2.45, 2.75) is 51.4 Å². The molecule has 0 saturated heterocycles. The van der Waals surface area contributed by atoms with Gasteiger partial charge < -0.3 is 14.0 Å². The topological polar surface area (TPSA) is 13.1 Å². The lowest BCUT2D eigenvalue weighted by atomic mass is 9.63. The van der Waals surface area contributed by atoms with Gasteiger partial charge in [0.2, 0.25) is 0 Å². The van der Waals surface area contributed by atoms with Gasteiger partial charge in [-0.1, -0.05) is 143 Å². The Kier molecular flexibility index (Phi) is 8.00. The van der Waals surface area contributed by atoms with Gasteiger partial charge >= 0.3 is 0 Å². The Bertz CT molecular complexity index is 3200. The molecule has 3 nitrogen and oxygen atoms in total. The van der Waals surface area contributed by atoms with Crippen LogP contribution < -0.4 is 4.90 Å². The number of hydrogen-bond acceptors (Lipinski definition) is 1. The first-order valence-corrected chi connectivity index (χ1v) is 21.0. The summed E-state index contributed by atoms with van der Waals surface area (Å²) >= 11 is 0. The van der Waals surface area contributed by atoms with Crippen molar-refractivity contribution >= 4 is 60.7 Å². The molecule has 0 saturated carbocycles. The van der Waals surface area contributed by atoms with Crippen LogP contribution in [0.4, 0.5) is 17.1 Å². The SMILES string of the molecule is CC1(C)CCC(C)(C)c2cc(-n3c4ccccc4c4ccc(N(c5ccc(-c6ccccc6)cc5)c5ccc6c7ccccc7n(-c7ccccc7)c6c5)cc43)ccc21. The second-order valence-electron chi connectivity index (χ2n) is 17.7. The third-order valence-electron chi connectivity index (χ3n) is 13.2. The van der Waals surface area contributed by atoms with Crippen LogP contribution in [0.1, 0.15) is 51.7 Å². The lowest BCUT2D eigenvalue weighted by Gasteiger charge is -2.42. The third-order valence-corrected chi connectivity index (χ3v) is 13.2. The second kappa shape index (κ2) is 13.4. The molecule has 0 spiro atoms. The van der Waals surface area contributed by atoms with E-state index in [4.69, 9.17) is 0 Å². The van der Waals surface area contributed by atoms with Crippen LogP contribution in [0.3, 0.4) is 0 Å². The van der Waals surface area contributed by atoms with Crippen LogP contribution in [-0.4, -0.2) is 9.13 Å². The maximum Gasteiger partial charge on any atom is 0.0561 e. The van der Waals surface area contributed by atoms with Crippen molar-refractivity contribution in [3.8, 4) is 22.5 Å². The molecular weight excluding hydrogens is 715 g/mol. The minimum Gasteiger partial charge on any atom is -0.310 e. The summed E-state index contributed by atoms with van der Waals surface area (Å²) in [5.74, 6) is 0. The molecule has 0 amide bonds. The molecule has 286 valence electrons. The number of hydrogen-bond donors (Lipinski definition) is 0. The number of nitrogens with zero attached hydrogens (tertiary/aromatic N) is 3. The molecule has 0 aliphatic heterocycles. The highest BCUT2D eigenvalue weighted by Gasteiger charge is 2.37. The minimum absolute atomic E-state index is 0.106. The van der Waals surface area contributed by atoms with Crippen LogP contribution in [0, 0.1) is 0 Å². The number of aromatic nitrogens is 2. The van der Waals surface area contributed by atoms with E-state index in [1.54, 1.807) is 0 Å². The Morgan fingerprint density at radius 2 is 0.814 bits per heavy atom. The summed E-state index contributed by atoms with van der Waals surface area (Å²) in [5, 5.41) is 5.00. The number of fused-ring (bicyclic) bond motifs is 7. The molecule has 11 rings (SSSR count). The van der Waals surface area contributed by atoms with Crippen LogP contribution in [-0.2, 0) is 10.8 Å². The fourth-order valence-electron chi connectivity index (χ4n) is 9.93. The number of para-hydroxylation sites is 3. The molecule has 0 fully saturated rings. The first-order valence-electron chi connectivity index (χ1n) is 21.0. The molecule has 0 bridgehead atoms. The van der Waals surface area contributed by atoms with Crippen LogP contribution in [0.25, 0.3) is 66.1 Å². The first-order chi connectivity index (χ1) is 28.7. The molecule has 1 aliphatic rings. The molecule has 8 aromatic carbocycles. The quantitative estimate of drug-likeness (QED) is 0.164. The molecule has 2 aromatic heterocycles. The molecule has 0 radical (unpaired) electrons. The van der Waals surface area contributed by atoms with Crippen molar-refractivity contribution in [1.29, 1.82) is 0 Å². The Hall–Kier alpha value is -6.84. The molecule has 10 aromatic rings. The summed E-state index contributed by atoms with van der Waals surface area (Å²) in [4.78, 5) is 2.43. The van der Waals surface area contributed by atoms with E-state index in [2.05, 4.69) is 230 Å². The van der Waals surface area contributed by atoms with Gasteiger partial charge in [0.25, 0.3) is 0 Å². The van der Waals surface area contributed by atoms with E-state index >= 15 is 0 Å². The summed E-state index contributed by atoms with van der Waals surface area (Å²) in [6, 6.07) is 69.4. The smallest absolute Gasteiger partial charge is 0.0561 e. The predicted octanol–water partition coefficient (Wildman–Crippen LogP) is 15.4. The van der Waals surface area contributed by atoms with E-state index in [1.165, 1.54) is 84.4 Å². The van der Waals surface area contributed by atoms with Crippen LogP contribution in [0.5, 0.6) is 0 Å². The highest BCUT2D eigenvalue weighted by molar-refractivity contribution is 6.12. The zero-order chi connectivity index (χ0) is 39.9. The molecule has 2 heterocycles. The van der Waals surface area contributed by atoms with E-state index in [-0.39, 0.29) is 10.8 Å². The van der Waals surface area contributed by atoms with E-state index in [1.807, 2.05) is 0 Å². The average molecular weight is 762 g/mol. The zero-order valence-electron chi connectivity index (χ0n) is 34.2. The molecule has 3 heteroatoms. The van der Waals surface area contributed by atoms with Crippen molar-refractivity contribution in [2.75, 3.05) is 4.90 Å². The summed E-state index contributed by atoms with van der Waals surface area (Å²) in [7, 11) is 0. The Labute approximate surface area is 346 Å². The molecule has 59 heavy (non-hydrogen) atoms. The maximum absolute atomic E-state index is 2.50. The second-order valence-corrected chi connectivity index (χ2v) is 17.7. The van der Waals surface area contributed by atoms with E-state index in [9.17, 15) is 0 Å². The van der Waals surface area contributed by atoms with Gasteiger partial charge in [0.15, 0.2) is 0 Å². The number of benzene rings is 8. The molecule has 0 unspecified atom stereocenters. The molecule has 1 aliphatic carbocycles. The van der Waals surface area contributed by atoms with Gasteiger partial charge in [0, 0.05) is 50.0 Å². The minimum atomic E-state index is 0.106. The standard InChI is InChI=1S/C56H47N3/c1-55(2)33-34-56(3,4)50-35-42(29-32-49(50)55)59-52-22-14-12-20-46(52)48-31-28-44(37-54(48)59)57(41-25-23-39(24-26-41)38-15-7-5-8-16-38)43-27-30-47-45-19-11-13-21-51(45)58(53(47)36-43)40-17-9-6-10-18-40/h5-32,35-37H,33-34H2,1-4H3. The van der Waals surface area contributed by atoms with Crippen molar-refractivity contribution in [2.24, 2.45) is 0 Å². The van der Waals surface area contributed by atoms with Gasteiger partial charge in [-0.05, 0) is 119 Å². The average Bonchev–Trinajstić information content (AvgIpc) is 3.78. The van der Waals surface area contributed by atoms with Gasteiger partial charge in [0.05, 0.1) is 22.1 Å². The third kappa shape index (κ3) is 5.71. The van der Waals surface area contributed by atoms with Crippen molar-refractivity contribution < 1.29 is 0 Å². The van der Waals surface area contributed by atoms with Crippen molar-refractivity contribution in [3.63, 3.8) is 0 Å². The summed E-state index contributed by atoms with van der Waals surface area (Å²) in [6.07, 6.45) is 2.38. The normalized spacial score (nSPS) is 14.6. The van der Waals surface area contributed by atoms with Crippen molar-refractivity contribution in [3.05, 3.63) is 199 Å². The monoisotopic (exact) mass is 761 g/mol. The lowest BCUT2D eigenvalue weighted by molar-refractivity contribution is 0.332. The van der Waals surface area contributed by atoms with Gasteiger partial charge in [0.1, 0.15) is 0 Å². The Balaban J connectivity index is 1.15. The van der Waals surface area contributed by atoms with Gasteiger partial charge in [-0.25, -0.2) is 0 Å². The highest BCUT2D eigenvalue weighted by Crippen LogP contribution is 2.48. The number of rotatable bonds is 6. The van der Waals surface area contributed by atoms with E-state index in [0.29, 0.717) is 0 Å². The molecule has 0 atom stereocenters. The lowest BCUT2D eigenvalue weighted by Crippen LogP contribution is -2.33. The predicted molar refractivity (Wildman–Crippen MR) is 251 cm³/mol. The van der Waals surface area contributed by atoms with Gasteiger partial charge in [-0.3, -0.25) is 0 Å². The highest BCUT2D eigenvalue weighted by atomic mass is 15.1. The summed E-state index contributed by atoms with van der Waals surface area (Å²) in [6.45, 7) is 9.66. The fourth-order valence-corrected chi connectivity index (χ4v) is 9.93. The fraction of sp³-hybridized carbons (Fsp3) is 0.143. The van der Waals surface area contributed by atoms with Crippen LogP contribution in [0.15, 0.2) is 188 Å². The molecular formula is C56H47N3. The Morgan fingerprint density at radius 1 is 0.356 bits per heavy atom. The first kappa shape index (κ1) is 35.3. The maximum atomic E-state index is 2.50.